The molecule has 1 aliphatic heterocycles. The van der Waals surface area contributed by atoms with Crippen molar-refractivity contribution in [1.82, 2.24) is 4.90 Å². The number of amides is 1. The van der Waals surface area contributed by atoms with Gasteiger partial charge in [0.25, 0.3) is 5.91 Å². The SMILES string of the molecule is Cc1cc(O[C@@H](C)C(=O)N2CCN(c3cccc(Cl)c3)CC2)ccc1Cl. The molecule has 0 unspecified atom stereocenters. The molecule has 6 heteroatoms. The molecule has 3 rings (SSSR count). The maximum Gasteiger partial charge on any atom is 0.263 e. The largest absolute Gasteiger partial charge is 0.481 e. The predicted octanol–water partition coefficient (Wildman–Crippen LogP) is 4.42. The fraction of sp³-hybridized carbons (Fsp3) is 0.350. The van der Waals surface area contributed by atoms with Gasteiger partial charge in [0.2, 0.25) is 0 Å². The Hall–Kier alpha value is -1.91. The average molecular weight is 393 g/mol. The van der Waals surface area contributed by atoms with Crippen LogP contribution in [0.5, 0.6) is 5.75 Å². The van der Waals surface area contributed by atoms with E-state index in [0.717, 1.165) is 29.4 Å². The highest BCUT2D eigenvalue weighted by Crippen LogP contribution is 2.23. The number of hydrogen-bond donors (Lipinski definition) is 0. The Morgan fingerprint density at radius 1 is 1.08 bits per heavy atom. The second-order valence-corrected chi connectivity index (χ2v) is 7.31. The normalized spacial score (nSPS) is 15.7. The lowest BCUT2D eigenvalue weighted by atomic mass is 10.2. The molecule has 0 saturated carbocycles. The molecule has 0 aliphatic carbocycles. The summed E-state index contributed by atoms with van der Waals surface area (Å²) in [7, 11) is 0. The van der Waals surface area contributed by atoms with E-state index in [1.807, 2.05) is 42.2 Å². The van der Waals surface area contributed by atoms with E-state index in [1.165, 1.54) is 0 Å². The van der Waals surface area contributed by atoms with Crippen LogP contribution in [0, 0.1) is 6.92 Å². The highest BCUT2D eigenvalue weighted by Gasteiger charge is 2.26. The fourth-order valence-corrected chi connectivity index (χ4v) is 3.36. The molecule has 1 fully saturated rings. The van der Waals surface area contributed by atoms with Gasteiger partial charge in [0, 0.05) is 41.9 Å². The summed E-state index contributed by atoms with van der Waals surface area (Å²) < 4.78 is 5.81. The monoisotopic (exact) mass is 392 g/mol. The summed E-state index contributed by atoms with van der Waals surface area (Å²) in [5.41, 5.74) is 2.02. The zero-order chi connectivity index (χ0) is 18.7. The van der Waals surface area contributed by atoms with E-state index < -0.39 is 6.10 Å². The molecule has 138 valence electrons. The molecule has 0 aromatic heterocycles. The molecule has 1 atom stereocenters. The van der Waals surface area contributed by atoms with Crippen LogP contribution in [0.25, 0.3) is 0 Å². The van der Waals surface area contributed by atoms with Crippen molar-refractivity contribution in [3.05, 3.63) is 58.1 Å². The van der Waals surface area contributed by atoms with Crippen molar-refractivity contribution < 1.29 is 9.53 Å². The van der Waals surface area contributed by atoms with E-state index in [9.17, 15) is 4.79 Å². The lowest BCUT2D eigenvalue weighted by Gasteiger charge is -2.37. The smallest absolute Gasteiger partial charge is 0.263 e. The van der Waals surface area contributed by atoms with Crippen LogP contribution < -0.4 is 9.64 Å². The number of rotatable bonds is 4. The van der Waals surface area contributed by atoms with Crippen molar-refractivity contribution in [1.29, 1.82) is 0 Å². The molecule has 26 heavy (non-hydrogen) atoms. The number of carbonyl (C=O) groups excluding carboxylic acids is 1. The second-order valence-electron chi connectivity index (χ2n) is 6.46. The van der Waals surface area contributed by atoms with Gasteiger partial charge in [-0.1, -0.05) is 29.3 Å². The Kier molecular flexibility index (Phi) is 5.94. The Morgan fingerprint density at radius 2 is 1.81 bits per heavy atom. The number of benzene rings is 2. The molecule has 1 saturated heterocycles. The van der Waals surface area contributed by atoms with Gasteiger partial charge in [0.05, 0.1) is 0 Å². The number of nitrogens with zero attached hydrogens (tertiary/aromatic N) is 2. The minimum atomic E-state index is -0.534. The van der Waals surface area contributed by atoms with Gasteiger partial charge in [-0.3, -0.25) is 4.79 Å². The number of anilines is 1. The number of ether oxygens (including phenoxy) is 1. The maximum absolute atomic E-state index is 12.7. The zero-order valence-electron chi connectivity index (χ0n) is 14.9. The lowest BCUT2D eigenvalue weighted by Crippen LogP contribution is -2.52. The molecular weight excluding hydrogens is 371 g/mol. The topological polar surface area (TPSA) is 32.8 Å². The minimum Gasteiger partial charge on any atom is -0.481 e. The van der Waals surface area contributed by atoms with Crippen molar-refractivity contribution in [2.24, 2.45) is 0 Å². The fourth-order valence-electron chi connectivity index (χ4n) is 3.06. The maximum atomic E-state index is 12.7. The standard InChI is InChI=1S/C20H22Cl2N2O2/c1-14-12-18(6-7-19(14)22)26-15(2)20(25)24-10-8-23(9-11-24)17-5-3-4-16(21)13-17/h3-7,12-13,15H,8-11H2,1-2H3/t15-/m0/s1. The molecule has 1 amide bonds. The molecule has 0 spiro atoms. The molecule has 4 nitrogen and oxygen atoms in total. The van der Waals surface area contributed by atoms with E-state index in [2.05, 4.69) is 4.90 Å². The van der Waals surface area contributed by atoms with Gasteiger partial charge in [-0.2, -0.15) is 0 Å². The van der Waals surface area contributed by atoms with Crippen LogP contribution in [0.2, 0.25) is 10.0 Å². The summed E-state index contributed by atoms with van der Waals surface area (Å²) >= 11 is 12.1. The van der Waals surface area contributed by atoms with E-state index >= 15 is 0 Å². The van der Waals surface area contributed by atoms with Gasteiger partial charge < -0.3 is 14.5 Å². The lowest BCUT2D eigenvalue weighted by molar-refractivity contribution is -0.138. The summed E-state index contributed by atoms with van der Waals surface area (Å²) in [6.45, 7) is 6.58. The van der Waals surface area contributed by atoms with Crippen molar-refractivity contribution in [3.63, 3.8) is 0 Å². The van der Waals surface area contributed by atoms with Gasteiger partial charge in [-0.15, -0.1) is 0 Å². The third kappa shape index (κ3) is 4.43. The highest BCUT2D eigenvalue weighted by atomic mass is 35.5. The molecule has 0 bridgehead atoms. The molecule has 0 radical (unpaired) electrons. The van der Waals surface area contributed by atoms with Crippen molar-refractivity contribution in [2.45, 2.75) is 20.0 Å². The van der Waals surface area contributed by atoms with Gasteiger partial charge in [0.15, 0.2) is 6.10 Å². The van der Waals surface area contributed by atoms with Crippen LogP contribution in [-0.2, 0) is 4.79 Å². The van der Waals surface area contributed by atoms with Crippen LogP contribution in [-0.4, -0.2) is 43.1 Å². The summed E-state index contributed by atoms with van der Waals surface area (Å²) in [4.78, 5) is 16.8. The van der Waals surface area contributed by atoms with Crippen LogP contribution in [0.15, 0.2) is 42.5 Å². The molecule has 1 heterocycles. The molecule has 2 aromatic rings. The molecule has 1 aliphatic rings. The minimum absolute atomic E-state index is 0.00310. The van der Waals surface area contributed by atoms with Gasteiger partial charge in [-0.05, 0) is 55.8 Å². The summed E-state index contributed by atoms with van der Waals surface area (Å²) in [6.07, 6.45) is -0.534. The van der Waals surface area contributed by atoms with Gasteiger partial charge in [0.1, 0.15) is 5.75 Å². The first-order valence-corrected chi connectivity index (χ1v) is 9.42. The molecule has 0 N–H and O–H groups in total. The summed E-state index contributed by atoms with van der Waals surface area (Å²) in [6, 6.07) is 13.2. The van der Waals surface area contributed by atoms with Crippen LogP contribution in [0.3, 0.4) is 0 Å². The first-order valence-electron chi connectivity index (χ1n) is 8.66. The molecular formula is C20H22Cl2N2O2. The zero-order valence-corrected chi connectivity index (χ0v) is 16.4. The predicted molar refractivity (Wildman–Crippen MR) is 107 cm³/mol. The Labute approximate surface area is 164 Å². The quantitative estimate of drug-likeness (QED) is 0.771. The van der Waals surface area contributed by atoms with Gasteiger partial charge in [-0.25, -0.2) is 0 Å². The van der Waals surface area contributed by atoms with E-state index in [4.69, 9.17) is 27.9 Å². The number of piperazine rings is 1. The number of carbonyl (C=O) groups is 1. The second kappa shape index (κ2) is 8.19. The number of aryl methyl sites for hydroxylation is 1. The Morgan fingerprint density at radius 3 is 2.46 bits per heavy atom. The number of hydrogen-bond acceptors (Lipinski definition) is 3. The van der Waals surface area contributed by atoms with Crippen molar-refractivity contribution >= 4 is 34.8 Å². The van der Waals surface area contributed by atoms with Crippen LogP contribution in [0.4, 0.5) is 5.69 Å². The van der Waals surface area contributed by atoms with Crippen LogP contribution >= 0.6 is 23.2 Å². The van der Waals surface area contributed by atoms with Crippen molar-refractivity contribution in [3.8, 4) is 5.75 Å². The summed E-state index contributed by atoms with van der Waals surface area (Å²) in [5, 5.41) is 1.41. The van der Waals surface area contributed by atoms with Gasteiger partial charge >= 0.3 is 0 Å². The number of halogens is 2. The van der Waals surface area contributed by atoms with Crippen molar-refractivity contribution in [2.75, 3.05) is 31.1 Å². The first kappa shape index (κ1) is 18.9. The van der Waals surface area contributed by atoms with E-state index in [0.29, 0.717) is 23.9 Å². The van der Waals surface area contributed by atoms with E-state index in [1.54, 1.807) is 19.1 Å². The summed E-state index contributed by atoms with van der Waals surface area (Å²) in [5.74, 6) is 0.661. The third-order valence-corrected chi connectivity index (χ3v) is 5.21. The van der Waals surface area contributed by atoms with Crippen LogP contribution in [0.1, 0.15) is 12.5 Å². The Bertz CT molecular complexity index is 789. The Balaban J connectivity index is 1.56. The molecule has 2 aromatic carbocycles. The van der Waals surface area contributed by atoms with E-state index in [-0.39, 0.29) is 5.91 Å². The first-order chi connectivity index (χ1) is 12.4. The highest BCUT2D eigenvalue weighted by molar-refractivity contribution is 6.31. The average Bonchev–Trinajstić information content (AvgIpc) is 2.64. The third-order valence-electron chi connectivity index (χ3n) is 4.55.